The standard InChI is InChI=1S/C31H38BrN3O2.C11H12Br3N3.C11H14BrN3.C10H15BO3.C6H5N3.C5H10Br2.CH2O3.Br2.2K.H/c1-22(2)20-36-26-12-8-24(9-13-26)28-16-17-29(25-10-14-27(15-11-25)37-21-23(3)4)31-30(28)33-35(34-31)19-7-5-6-18-32;12-6-2-1-3-7-17-15-10-8(13)4-5-9(14)11(10)16-17;12-8-4-1-5-9-15-13-10-6-2-3-7-11(10)14-15;1-8(2)7-14-10-5-3-9(4-6-10)11(12)13;1-2-4-6-5(3-1)7-9-8-6;6-4-2-1-3-5-7;2-1-4-3;1-2;;;/h8-17,22-23H,5-7,18-21H2,1-4H3;4-5H,1-3,6-7H2;2-3,6-7H,1,4-5,8-9H2;3-6,8,12-13H,7H2,1-2H3;1-4H,(H,7,8,9);1-5H2;1,3H;;;;/q;;;;;;;;2*+1;-1/p-1. The number of benzene rings is 7. The average molecular weight is 2100 g/mol. The van der Waals surface area contributed by atoms with Gasteiger partial charge in [0.1, 0.15) is 61.4 Å². The van der Waals surface area contributed by atoms with E-state index in [2.05, 4.69) is 258 Å². The van der Waals surface area contributed by atoms with Gasteiger partial charge in [0, 0.05) is 75.0 Å². The summed E-state index contributed by atoms with van der Waals surface area (Å²) in [6.45, 7) is 17.3. The maximum atomic E-state index is 8.85. The van der Waals surface area contributed by atoms with Crippen LogP contribution in [0.5, 0.6) is 17.2 Å². The van der Waals surface area contributed by atoms with Gasteiger partial charge < -0.3 is 35.8 Å². The quantitative estimate of drug-likeness (QED) is 0.00885. The minimum atomic E-state index is -1.41. The van der Waals surface area contributed by atoms with E-state index >= 15 is 0 Å². The summed E-state index contributed by atoms with van der Waals surface area (Å²) >= 11 is 29.6. The molecule has 3 N–H and O–H groups in total. The molecule has 11 rings (SSSR count). The molecule has 4 aromatic heterocycles. The van der Waals surface area contributed by atoms with Crippen molar-refractivity contribution < 1.29 is 143 Å². The second kappa shape index (κ2) is 61.9. The summed E-state index contributed by atoms with van der Waals surface area (Å²) in [5.41, 5.74) is 12.3. The summed E-state index contributed by atoms with van der Waals surface area (Å²) in [5, 5.41) is 69.6. The number of unbranched alkanes of at least 4 members (excludes halogenated alkanes) is 8. The smallest absolute Gasteiger partial charge is 1.00 e. The second-order valence-corrected chi connectivity index (χ2v) is 30.4. The van der Waals surface area contributed by atoms with Gasteiger partial charge in [0.25, 0.3) is 6.47 Å². The number of ether oxygens (including phenoxy) is 3. The maximum absolute atomic E-state index is 8.85. The van der Waals surface area contributed by atoms with E-state index in [0.717, 1.165) is 171 Å². The Kier molecular flexibility index (Phi) is 58.8. The Labute approximate surface area is 791 Å². The second-order valence-electron chi connectivity index (χ2n) is 24.8. The molecule has 7 aromatic carbocycles. The molecule has 0 radical (unpaired) electrons. The van der Waals surface area contributed by atoms with E-state index < -0.39 is 7.12 Å². The monoisotopic (exact) mass is 2090 g/mol. The fourth-order valence-electron chi connectivity index (χ4n) is 9.39. The number of nitrogens with zero attached hydrogens (tertiary/aromatic N) is 11. The Bertz CT molecular complexity index is 3900. The van der Waals surface area contributed by atoms with Gasteiger partial charge in [-0.1, -0.05) is 220 Å². The van der Waals surface area contributed by atoms with Crippen molar-refractivity contribution in [2.45, 2.75) is 138 Å². The van der Waals surface area contributed by atoms with Crippen LogP contribution in [0.15, 0.2) is 155 Å². The minimum Gasteiger partial charge on any atom is -1.00 e. The summed E-state index contributed by atoms with van der Waals surface area (Å²) in [7, 11) is -1.41. The zero-order valence-corrected chi connectivity index (χ0v) is 82.7. The normalized spacial score (nSPS) is 10.4. The molecule has 0 unspecified atom stereocenters. The van der Waals surface area contributed by atoms with E-state index in [1.54, 1.807) is 33.9 Å². The summed E-state index contributed by atoms with van der Waals surface area (Å²) in [4.78, 5) is 16.7. The molecule has 0 amide bonds. The van der Waals surface area contributed by atoms with Crippen molar-refractivity contribution in [3.63, 3.8) is 0 Å². The molecular weight excluding hydrogens is 2010 g/mol. The van der Waals surface area contributed by atoms with Crippen molar-refractivity contribution in [2.75, 3.05) is 46.5 Å². The molecule has 0 aliphatic rings. The van der Waals surface area contributed by atoms with E-state index in [1.165, 1.54) is 44.9 Å². The van der Waals surface area contributed by atoms with Crippen molar-refractivity contribution in [1.29, 1.82) is 0 Å². The molecule has 0 spiro atoms. The van der Waals surface area contributed by atoms with Crippen molar-refractivity contribution in [3.8, 4) is 39.5 Å². The van der Waals surface area contributed by atoms with Crippen LogP contribution in [0.25, 0.3) is 66.4 Å². The number of rotatable bonds is 32. The predicted octanol–water partition coefficient (Wildman–Crippen LogP) is 14.5. The SMILES string of the molecule is BrBr.BrCCCCCBr.BrCCCCCn1nc2c(Br)ccc(Br)c2n1.BrCCCCCn1nc2ccccc2n1.CC(C)COc1ccc(-c2ccc(-c3ccc(OCC(C)C)cc3)c3nn(CCCCCBr)nc23)cc1.CC(C)COc1ccc(B(O)O)cc1.O=CO[O-].[H-].[K+].[K+].c1ccc2n[nH]nc2c1. The predicted molar refractivity (Wildman–Crippen MR) is 461 cm³/mol. The number of alkyl halides is 5. The summed E-state index contributed by atoms with van der Waals surface area (Å²) in [6, 6.07) is 47.3. The zero-order valence-electron chi connectivity index (χ0n) is 63.2. The van der Waals surface area contributed by atoms with E-state index in [-0.39, 0.29) is 111 Å². The molecule has 0 aliphatic carbocycles. The number of hydrogen-bond acceptors (Lipinski definition) is 16. The van der Waals surface area contributed by atoms with Gasteiger partial charge in [0.05, 0.1) is 39.5 Å². The number of para-hydroxylation sites is 2. The molecule has 0 saturated heterocycles. The van der Waals surface area contributed by atoms with Gasteiger partial charge in [0.15, 0.2) is 0 Å². The third-order valence-electron chi connectivity index (χ3n) is 14.7. The van der Waals surface area contributed by atoms with Crippen molar-refractivity contribution >= 4 is 203 Å². The first-order valence-electron chi connectivity index (χ1n) is 34.8. The Morgan fingerprint density at radius 3 is 1.02 bits per heavy atom. The first-order valence-corrected chi connectivity index (χ1v) is 45.7. The van der Waals surface area contributed by atoms with Gasteiger partial charge >= 0.3 is 110 Å². The number of aromatic nitrogens is 12. The fraction of sp³-hybridized carbons (Fsp3) is 0.427. The summed E-state index contributed by atoms with van der Waals surface area (Å²) in [6.07, 6.45) is 14.4. The van der Waals surface area contributed by atoms with E-state index in [1.807, 2.05) is 89.7 Å². The van der Waals surface area contributed by atoms with Gasteiger partial charge in [-0.15, -0.1) is 0 Å². The molecule has 4 heterocycles. The van der Waals surface area contributed by atoms with Gasteiger partial charge in [-0.25, -0.2) is 0 Å². The van der Waals surface area contributed by atoms with E-state index in [0.29, 0.717) is 43.0 Å². The van der Waals surface area contributed by atoms with Crippen LogP contribution < -0.4 is 128 Å². The molecule has 11 aromatic rings. The third-order valence-corrected chi connectivity index (χ3v) is 18.7. The number of fused-ring (bicyclic) bond motifs is 4. The van der Waals surface area contributed by atoms with E-state index in [4.69, 9.17) is 44.5 Å². The number of H-pyrrole nitrogens is 1. The van der Waals surface area contributed by atoms with Crippen LogP contribution in [-0.4, -0.2) is 131 Å². The Morgan fingerprint density at radius 2 is 0.720 bits per heavy atom. The Hall–Kier alpha value is -1.45. The van der Waals surface area contributed by atoms with Crippen LogP contribution in [0.2, 0.25) is 0 Å². The third kappa shape index (κ3) is 40.6. The average Bonchev–Trinajstić information content (AvgIpc) is 1.58. The first kappa shape index (κ1) is 102. The van der Waals surface area contributed by atoms with Gasteiger partial charge in [-0.2, -0.15) is 60.4 Å². The molecule has 20 nitrogen and oxygen atoms in total. The Balaban J connectivity index is 0.000000692. The fourth-order valence-corrected chi connectivity index (χ4v) is 12.2. The van der Waals surface area contributed by atoms with Crippen LogP contribution in [0.1, 0.15) is 120 Å². The van der Waals surface area contributed by atoms with Crippen LogP contribution in [0, 0.1) is 17.8 Å². The summed E-state index contributed by atoms with van der Waals surface area (Å²) in [5.74, 6) is 4.00. The van der Waals surface area contributed by atoms with Gasteiger partial charge in [-0.05, 0) is 190 Å². The number of hydrogen-bond donors (Lipinski definition) is 3. The van der Waals surface area contributed by atoms with Crippen LogP contribution >= 0.6 is 140 Å². The van der Waals surface area contributed by atoms with Crippen molar-refractivity contribution in [1.82, 2.24) is 60.4 Å². The molecule has 32 heteroatoms. The van der Waals surface area contributed by atoms with E-state index in [9.17, 15) is 0 Å². The number of nitrogens with one attached hydrogen (secondary N) is 1. The largest absolute Gasteiger partial charge is 1.00 e. The first-order chi connectivity index (χ1) is 50.9. The topological polar surface area (TPSA) is 251 Å². The molecule has 107 heavy (non-hydrogen) atoms. The molecule has 0 fully saturated rings. The molecule has 0 saturated carbocycles. The number of carbonyl (C=O) groups is 1. The van der Waals surface area contributed by atoms with Crippen LogP contribution in [-0.2, 0) is 29.3 Å². The molecule has 0 aliphatic heterocycles. The molecular formula is C75H96BBr9K2N12O8. The van der Waals surface area contributed by atoms with Gasteiger partial charge in [0.2, 0.25) is 0 Å². The summed E-state index contributed by atoms with van der Waals surface area (Å²) < 4.78 is 19.2. The number of carbonyl (C=O) groups excluding carboxylic acids is 1. The number of aromatic amines is 1. The number of aryl methyl sites for hydroxylation is 3. The number of halogens is 9. The molecule has 0 bridgehead atoms. The van der Waals surface area contributed by atoms with Crippen molar-refractivity contribution in [2.24, 2.45) is 17.8 Å². The molecule has 572 valence electrons. The maximum Gasteiger partial charge on any atom is 1.00 e. The van der Waals surface area contributed by atoms with Gasteiger partial charge in [-0.3, -0.25) is 4.79 Å². The zero-order chi connectivity index (χ0) is 76.6. The Morgan fingerprint density at radius 1 is 0.430 bits per heavy atom. The van der Waals surface area contributed by atoms with Crippen LogP contribution in [0.4, 0.5) is 0 Å². The minimum absolute atomic E-state index is 0. The van der Waals surface area contributed by atoms with Crippen LogP contribution in [0.3, 0.4) is 0 Å². The van der Waals surface area contributed by atoms with Crippen molar-refractivity contribution in [3.05, 3.63) is 155 Å². The molecule has 0 atom stereocenters.